The SMILES string of the molecule is COc1ccc(CN2CCCC2CCCCl)cc1. The van der Waals surface area contributed by atoms with Crippen LogP contribution in [0.4, 0.5) is 0 Å². The van der Waals surface area contributed by atoms with E-state index >= 15 is 0 Å². The Balaban J connectivity index is 1.90. The fourth-order valence-electron chi connectivity index (χ4n) is 2.71. The predicted molar refractivity (Wildman–Crippen MR) is 76.4 cm³/mol. The molecule has 100 valence electrons. The molecule has 1 aromatic carbocycles. The molecule has 0 bridgehead atoms. The summed E-state index contributed by atoms with van der Waals surface area (Å²) in [5.41, 5.74) is 1.37. The molecule has 0 saturated carbocycles. The first kappa shape index (κ1) is 13.7. The van der Waals surface area contributed by atoms with Crippen molar-refractivity contribution in [3.8, 4) is 5.75 Å². The van der Waals surface area contributed by atoms with Gasteiger partial charge in [-0.3, -0.25) is 4.90 Å². The molecule has 1 atom stereocenters. The normalized spacial score (nSPS) is 20.2. The molecule has 1 fully saturated rings. The molecule has 1 unspecified atom stereocenters. The van der Waals surface area contributed by atoms with Gasteiger partial charge in [0.2, 0.25) is 0 Å². The molecule has 0 amide bonds. The minimum absolute atomic E-state index is 0.728. The molecule has 0 N–H and O–H groups in total. The fraction of sp³-hybridized carbons (Fsp3) is 0.600. The van der Waals surface area contributed by atoms with E-state index in [0.29, 0.717) is 0 Å². The topological polar surface area (TPSA) is 12.5 Å². The largest absolute Gasteiger partial charge is 0.497 e. The van der Waals surface area contributed by atoms with Crippen molar-refractivity contribution in [1.29, 1.82) is 0 Å². The Labute approximate surface area is 115 Å². The quantitative estimate of drug-likeness (QED) is 0.729. The summed E-state index contributed by atoms with van der Waals surface area (Å²) in [5.74, 6) is 1.71. The lowest BCUT2D eigenvalue weighted by molar-refractivity contribution is 0.233. The van der Waals surface area contributed by atoms with Gasteiger partial charge in [-0.05, 0) is 49.9 Å². The predicted octanol–water partition coefficient (Wildman–Crippen LogP) is 3.68. The van der Waals surface area contributed by atoms with Crippen LogP contribution in [0.25, 0.3) is 0 Å². The molecule has 0 aliphatic carbocycles. The van der Waals surface area contributed by atoms with E-state index in [2.05, 4.69) is 17.0 Å². The molecule has 2 rings (SSSR count). The van der Waals surface area contributed by atoms with E-state index in [0.717, 1.165) is 30.6 Å². The molecule has 1 aliphatic heterocycles. The maximum absolute atomic E-state index is 5.79. The highest BCUT2D eigenvalue weighted by molar-refractivity contribution is 6.17. The molecule has 18 heavy (non-hydrogen) atoms. The number of halogens is 1. The standard InChI is InChI=1S/C15H22ClNO/c1-18-15-8-6-13(7-9-15)12-17-11-3-5-14(17)4-2-10-16/h6-9,14H,2-5,10-12H2,1H3. The van der Waals surface area contributed by atoms with E-state index < -0.39 is 0 Å². The van der Waals surface area contributed by atoms with Gasteiger partial charge in [-0.25, -0.2) is 0 Å². The summed E-state index contributed by atoms with van der Waals surface area (Å²) in [6.07, 6.45) is 5.02. The van der Waals surface area contributed by atoms with E-state index in [9.17, 15) is 0 Å². The molecule has 1 aromatic rings. The number of methoxy groups -OCH3 is 1. The number of likely N-dealkylation sites (tertiary alicyclic amines) is 1. The second kappa shape index (κ2) is 7.01. The van der Waals surface area contributed by atoms with Gasteiger partial charge in [0.1, 0.15) is 5.75 Å². The highest BCUT2D eigenvalue weighted by atomic mass is 35.5. The molecular formula is C15H22ClNO. The minimum atomic E-state index is 0.728. The molecular weight excluding hydrogens is 246 g/mol. The van der Waals surface area contributed by atoms with Gasteiger partial charge < -0.3 is 4.74 Å². The Morgan fingerprint density at radius 1 is 1.33 bits per heavy atom. The van der Waals surface area contributed by atoms with Gasteiger partial charge in [-0.15, -0.1) is 11.6 Å². The molecule has 0 spiro atoms. The van der Waals surface area contributed by atoms with Gasteiger partial charge in [-0.1, -0.05) is 12.1 Å². The molecule has 0 aromatic heterocycles. The van der Waals surface area contributed by atoms with Gasteiger partial charge in [0.15, 0.2) is 0 Å². The van der Waals surface area contributed by atoms with Crippen LogP contribution in [0.15, 0.2) is 24.3 Å². The molecule has 3 heteroatoms. The van der Waals surface area contributed by atoms with Crippen LogP contribution in [-0.4, -0.2) is 30.5 Å². The van der Waals surface area contributed by atoms with E-state index in [1.165, 1.54) is 31.4 Å². The van der Waals surface area contributed by atoms with E-state index in [1.54, 1.807) is 7.11 Å². The zero-order chi connectivity index (χ0) is 12.8. The van der Waals surface area contributed by atoms with Crippen molar-refractivity contribution < 1.29 is 4.74 Å². The summed E-state index contributed by atoms with van der Waals surface area (Å²) in [5, 5.41) is 0. The van der Waals surface area contributed by atoms with Crippen molar-refractivity contribution in [2.24, 2.45) is 0 Å². The molecule has 1 heterocycles. The molecule has 0 radical (unpaired) electrons. The maximum Gasteiger partial charge on any atom is 0.118 e. The zero-order valence-corrected chi connectivity index (χ0v) is 11.8. The van der Waals surface area contributed by atoms with Crippen LogP contribution in [0.2, 0.25) is 0 Å². The van der Waals surface area contributed by atoms with Gasteiger partial charge in [0.25, 0.3) is 0 Å². The third-order valence-electron chi connectivity index (χ3n) is 3.71. The van der Waals surface area contributed by atoms with Gasteiger partial charge in [0.05, 0.1) is 7.11 Å². The number of nitrogens with zero attached hydrogens (tertiary/aromatic N) is 1. The van der Waals surface area contributed by atoms with Crippen molar-refractivity contribution >= 4 is 11.6 Å². The van der Waals surface area contributed by atoms with Crippen molar-refractivity contribution in [3.05, 3.63) is 29.8 Å². The van der Waals surface area contributed by atoms with Crippen LogP contribution in [-0.2, 0) is 6.54 Å². The van der Waals surface area contributed by atoms with Crippen molar-refractivity contribution in [1.82, 2.24) is 4.90 Å². The van der Waals surface area contributed by atoms with Crippen LogP contribution in [0.5, 0.6) is 5.75 Å². The van der Waals surface area contributed by atoms with Crippen LogP contribution in [0, 0.1) is 0 Å². The zero-order valence-electron chi connectivity index (χ0n) is 11.1. The highest BCUT2D eigenvalue weighted by Gasteiger charge is 2.23. The summed E-state index contributed by atoms with van der Waals surface area (Å²) in [6.45, 7) is 2.27. The smallest absolute Gasteiger partial charge is 0.118 e. The van der Waals surface area contributed by atoms with Gasteiger partial charge in [-0.2, -0.15) is 0 Å². The first-order chi connectivity index (χ1) is 8.83. The summed E-state index contributed by atoms with van der Waals surface area (Å²) >= 11 is 5.79. The van der Waals surface area contributed by atoms with E-state index in [1.807, 2.05) is 12.1 Å². The summed E-state index contributed by atoms with van der Waals surface area (Å²) < 4.78 is 5.19. The second-order valence-electron chi connectivity index (χ2n) is 4.95. The Hall–Kier alpha value is -0.730. The lowest BCUT2D eigenvalue weighted by Gasteiger charge is -2.24. The first-order valence-electron chi connectivity index (χ1n) is 6.76. The number of ether oxygens (including phenoxy) is 1. The Bertz CT molecular complexity index is 352. The van der Waals surface area contributed by atoms with Gasteiger partial charge in [0, 0.05) is 18.5 Å². The Morgan fingerprint density at radius 3 is 2.78 bits per heavy atom. The van der Waals surface area contributed by atoms with Crippen LogP contribution in [0.3, 0.4) is 0 Å². The molecule has 2 nitrogen and oxygen atoms in total. The number of rotatable bonds is 6. The summed E-state index contributed by atoms with van der Waals surface area (Å²) in [6, 6.07) is 9.13. The maximum atomic E-state index is 5.79. The third kappa shape index (κ3) is 3.63. The number of benzene rings is 1. The van der Waals surface area contributed by atoms with E-state index in [4.69, 9.17) is 16.3 Å². The monoisotopic (exact) mass is 267 g/mol. The summed E-state index contributed by atoms with van der Waals surface area (Å²) in [4.78, 5) is 2.59. The third-order valence-corrected chi connectivity index (χ3v) is 3.98. The van der Waals surface area contributed by atoms with Crippen LogP contribution >= 0.6 is 11.6 Å². The average molecular weight is 268 g/mol. The van der Waals surface area contributed by atoms with Crippen molar-refractivity contribution in [3.63, 3.8) is 0 Å². The summed E-state index contributed by atoms with van der Waals surface area (Å²) in [7, 11) is 1.71. The van der Waals surface area contributed by atoms with Crippen molar-refractivity contribution in [2.45, 2.75) is 38.3 Å². The van der Waals surface area contributed by atoms with Crippen LogP contribution < -0.4 is 4.74 Å². The Kier molecular flexibility index (Phi) is 5.33. The molecule has 1 saturated heterocycles. The average Bonchev–Trinajstić information content (AvgIpc) is 2.84. The number of alkyl halides is 1. The van der Waals surface area contributed by atoms with E-state index in [-0.39, 0.29) is 0 Å². The molecule has 1 aliphatic rings. The fourth-order valence-corrected chi connectivity index (χ4v) is 2.86. The van der Waals surface area contributed by atoms with Crippen molar-refractivity contribution in [2.75, 3.05) is 19.5 Å². The lowest BCUT2D eigenvalue weighted by atomic mass is 10.1. The minimum Gasteiger partial charge on any atom is -0.497 e. The van der Waals surface area contributed by atoms with Gasteiger partial charge >= 0.3 is 0 Å². The Morgan fingerprint density at radius 2 is 2.11 bits per heavy atom. The number of hydrogen-bond donors (Lipinski definition) is 0. The number of hydrogen-bond acceptors (Lipinski definition) is 2. The lowest BCUT2D eigenvalue weighted by Crippen LogP contribution is -2.28. The highest BCUT2D eigenvalue weighted by Crippen LogP contribution is 2.24. The second-order valence-corrected chi connectivity index (χ2v) is 5.32. The first-order valence-corrected chi connectivity index (χ1v) is 7.30. The van der Waals surface area contributed by atoms with Crippen LogP contribution in [0.1, 0.15) is 31.2 Å².